The van der Waals surface area contributed by atoms with Crippen LogP contribution in [-0.2, 0) is 35.0 Å². The number of hydrogen-bond donors (Lipinski definition) is 1. The second-order valence-corrected chi connectivity index (χ2v) is 14.9. The molecule has 1 saturated carbocycles. The number of esters is 1. The molecule has 1 aromatic heterocycles. The van der Waals surface area contributed by atoms with E-state index in [-0.39, 0.29) is 53.3 Å². The second-order valence-electron chi connectivity index (χ2n) is 13.2. The lowest BCUT2D eigenvalue weighted by atomic mass is 9.87. The number of amides is 1. The highest BCUT2D eigenvalue weighted by atomic mass is 35.5. The highest BCUT2D eigenvalue weighted by Gasteiger charge is 2.56. The van der Waals surface area contributed by atoms with E-state index in [9.17, 15) is 9.59 Å². The number of benzene rings is 2. The van der Waals surface area contributed by atoms with E-state index >= 15 is 4.79 Å². The van der Waals surface area contributed by atoms with Crippen LogP contribution in [0.2, 0.25) is 10.0 Å². The fourth-order valence-corrected chi connectivity index (χ4v) is 9.00. The molecule has 3 heterocycles. The number of hydrogen-bond acceptors (Lipinski definition) is 10. The minimum atomic E-state index is -1.41. The lowest BCUT2D eigenvalue weighted by Crippen LogP contribution is -2.67. The number of fused-ring (bicyclic) bond motifs is 1. The van der Waals surface area contributed by atoms with Crippen LogP contribution in [0.5, 0.6) is 0 Å². The van der Waals surface area contributed by atoms with Gasteiger partial charge < -0.3 is 24.3 Å². The molecule has 2 aliphatic heterocycles. The van der Waals surface area contributed by atoms with E-state index in [1.165, 1.54) is 11.3 Å². The van der Waals surface area contributed by atoms with Gasteiger partial charge in [-0.2, -0.15) is 0 Å². The van der Waals surface area contributed by atoms with Crippen LogP contribution in [0.15, 0.2) is 41.8 Å². The summed E-state index contributed by atoms with van der Waals surface area (Å²) in [6, 6.07) is 11.0. The molecule has 0 radical (unpaired) electrons. The number of methoxy groups -OCH3 is 2. The van der Waals surface area contributed by atoms with Gasteiger partial charge in [-0.15, -0.1) is 11.3 Å². The highest BCUT2D eigenvalue weighted by Crippen LogP contribution is 2.40. The summed E-state index contributed by atoms with van der Waals surface area (Å²) in [6.07, 6.45) is 3.58. The van der Waals surface area contributed by atoms with E-state index < -0.39 is 5.85 Å². The SMILES string of the molecule is CCOC(=O)C1CCC(OC(C(=O)Cc2cc(Cl)c(NC(=O)c3csc4ccccc34)cc2Cl)(N2CCCC2)N2C[C@H](OC)[C@H](OC)C2)CC1. The maximum Gasteiger partial charge on any atom is 0.308 e. The van der Waals surface area contributed by atoms with Gasteiger partial charge in [-0.1, -0.05) is 41.4 Å². The number of rotatable bonds is 13. The van der Waals surface area contributed by atoms with Gasteiger partial charge in [-0.05, 0) is 69.2 Å². The third kappa shape index (κ3) is 7.61. The molecular formula is C37H45Cl2N3O7S. The summed E-state index contributed by atoms with van der Waals surface area (Å²) in [6.45, 7) is 4.41. The molecule has 6 rings (SSSR count). The summed E-state index contributed by atoms with van der Waals surface area (Å²) in [5.41, 5.74) is 1.44. The van der Waals surface area contributed by atoms with Crippen LogP contribution in [0.25, 0.3) is 10.1 Å². The fraction of sp³-hybridized carbons (Fsp3) is 0.541. The summed E-state index contributed by atoms with van der Waals surface area (Å²) >= 11 is 15.1. The molecule has 1 unspecified atom stereocenters. The maximum atomic E-state index is 15.0. The average Bonchev–Trinajstić information content (AvgIpc) is 3.90. The molecule has 1 N–H and O–H groups in total. The first-order valence-electron chi connectivity index (χ1n) is 17.4. The van der Waals surface area contributed by atoms with Crippen LogP contribution in [0.4, 0.5) is 5.69 Å². The number of thiophene rings is 1. The molecule has 1 amide bonds. The standard InChI is InChI=1S/C37H45Cl2N3O7S/c1-4-48-36(45)23-11-13-25(14-12-23)49-37(41-15-7-8-16-41,42-20-31(46-2)32(21-42)47-3)34(43)18-24-17-29(39)30(19-28(24)38)40-35(44)27-22-50-33-10-6-5-9-26(27)33/h5-6,9-10,17,19,22-23,25,31-32H,4,7-8,11-16,18,20-21H2,1-3H3,(H,40,44)/t23?,25?,31-,32+,37?. The number of Topliss-reactive ketones (excluding diaryl/α,β-unsaturated/α-hetero) is 1. The van der Waals surface area contributed by atoms with Gasteiger partial charge in [0.1, 0.15) is 0 Å². The van der Waals surface area contributed by atoms with Gasteiger partial charge in [0.2, 0.25) is 5.85 Å². The van der Waals surface area contributed by atoms with Crippen molar-refractivity contribution in [3.05, 3.63) is 63.0 Å². The number of carbonyl (C=O) groups is 3. The van der Waals surface area contributed by atoms with E-state index in [0.29, 0.717) is 80.3 Å². The van der Waals surface area contributed by atoms with Crippen LogP contribution < -0.4 is 5.32 Å². The van der Waals surface area contributed by atoms with Crippen molar-refractivity contribution < 1.29 is 33.3 Å². The zero-order valence-corrected chi connectivity index (χ0v) is 31.1. The molecule has 10 nitrogen and oxygen atoms in total. The van der Waals surface area contributed by atoms with E-state index in [2.05, 4.69) is 15.1 Å². The molecule has 50 heavy (non-hydrogen) atoms. The molecule has 3 aromatic rings. The van der Waals surface area contributed by atoms with Crippen molar-refractivity contribution in [2.24, 2.45) is 5.92 Å². The van der Waals surface area contributed by atoms with Gasteiger partial charge in [0.25, 0.3) is 5.91 Å². The first-order valence-corrected chi connectivity index (χ1v) is 19.0. The van der Waals surface area contributed by atoms with E-state index in [1.54, 1.807) is 26.4 Å². The minimum absolute atomic E-state index is 0.0532. The quantitative estimate of drug-likeness (QED) is 0.189. The summed E-state index contributed by atoms with van der Waals surface area (Å²) in [7, 11) is 3.31. The Kier molecular flexibility index (Phi) is 12.2. The molecule has 2 saturated heterocycles. The van der Waals surface area contributed by atoms with Gasteiger partial charge in [-0.3, -0.25) is 24.2 Å². The Labute approximate surface area is 307 Å². The minimum Gasteiger partial charge on any atom is -0.466 e. The number of nitrogens with zero attached hydrogens (tertiary/aromatic N) is 2. The van der Waals surface area contributed by atoms with Gasteiger partial charge in [0, 0.05) is 67.3 Å². The Morgan fingerprint density at radius 1 is 0.940 bits per heavy atom. The predicted octanol–water partition coefficient (Wildman–Crippen LogP) is 6.81. The van der Waals surface area contributed by atoms with Crippen molar-refractivity contribution in [3.8, 4) is 0 Å². The van der Waals surface area contributed by atoms with Crippen molar-refractivity contribution in [2.75, 3.05) is 52.3 Å². The normalized spacial score (nSPS) is 24.3. The predicted molar refractivity (Wildman–Crippen MR) is 195 cm³/mol. The van der Waals surface area contributed by atoms with Crippen LogP contribution in [0.1, 0.15) is 61.4 Å². The Bertz CT molecular complexity index is 1680. The van der Waals surface area contributed by atoms with Gasteiger partial charge in [0.05, 0.1) is 47.1 Å². The summed E-state index contributed by atoms with van der Waals surface area (Å²) in [4.78, 5) is 45.0. The Morgan fingerprint density at radius 2 is 1.62 bits per heavy atom. The first-order chi connectivity index (χ1) is 24.2. The van der Waals surface area contributed by atoms with Crippen molar-refractivity contribution >= 4 is 68.0 Å². The van der Waals surface area contributed by atoms with Crippen molar-refractivity contribution in [1.82, 2.24) is 9.80 Å². The summed E-state index contributed by atoms with van der Waals surface area (Å²) in [5, 5.41) is 6.17. The van der Waals surface area contributed by atoms with E-state index in [4.69, 9.17) is 42.1 Å². The van der Waals surface area contributed by atoms with Crippen LogP contribution in [0, 0.1) is 5.92 Å². The third-order valence-electron chi connectivity index (χ3n) is 10.2. The maximum absolute atomic E-state index is 15.0. The Morgan fingerprint density at radius 3 is 2.28 bits per heavy atom. The zero-order chi connectivity index (χ0) is 35.4. The second kappa shape index (κ2) is 16.4. The number of nitrogens with one attached hydrogen (secondary N) is 1. The lowest BCUT2D eigenvalue weighted by molar-refractivity contribution is -0.254. The number of ketones is 1. The number of carbonyl (C=O) groups excluding carboxylic acids is 3. The average molecular weight is 747 g/mol. The molecule has 2 aromatic carbocycles. The van der Waals surface area contributed by atoms with Crippen molar-refractivity contribution in [2.45, 2.75) is 76.0 Å². The van der Waals surface area contributed by atoms with Crippen LogP contribution >= 0.6 is 34.5 Å². The number of likely N-dealkylation sites (tertiary alicyclic amines) is 2. The van der Waals surface area contributed by atoms with E-state index in [0.717, 1.165) is 22.9 Å². The third-order valence-corrected chi connectivity index (χ3v) is 11.9. The molecule has 3 fully saturated rings. The molecule has 3 atom stereocenters. The van der Waals surface area contributed by atoms with Crippen LogP contribution in [-0.4, -0.2) is 98.6 Å². The Hall–Kier alpha value is -2.61. The topological polar surface area (TPSA) is 107 Å². The van der Waals surface area contributed by atoms with Gasteiger partial charge in [0.15, 0.2) is 5.78 Å². The van der Waals surface area contributed by atoms with Crippen LogP contribution in [0.3, 0.4) is 0 Å². The molecule has 1 aliphatic carbocycles. The molecule has 0 spiro atoms. The van der Waals surface area contributed by atoms with Gasteiger partial charge >= 0.3 is 5.97 Å². The first kappa shape index (κ1) is 37.2. The zero-order valence-electron chi connectivity index (χ0n) is 28.8. The molecule has 0 bridgehead atoms. The fourth-order valence-electron chi connectivity index (χ4n) is 7.59. The molecular weight excluding hydrogens is 701 g/mol. The Balaban J connectivity index is 1.28. The largest absolute Gasteiger partial charge is 0.466 e. The molecule has 13 heteroatoms. The molecule has 3 aliphatic rings. The van der Waals surface area contributed by atoms with Gasteiger partial charge in [-0.25, -0.2) is 0 Å². The smallest absolute Gasteiger partial charge is 0.308 e. The summed E-state index contributed by atoms with van der Waals surface area (Å²) in [5.74, 6) is -2.22. The lowest BCUT2D eigenvalue weighted by Gasteiger charge is -2.48. The number of halogens is 2. The number of ether oxygens (including phenoxy) is 4. The summed E-state index contributed by atoms with van der Waals surface area (Å²) < 4.78 is 25.0. The number of anilines is 1. The monoisotopic (exact) mass is 745 g/mol. The highest BCUT2D eigenvalue weighted by molar-refractivity contribution is 7.17. The van der Waals surface area contributed by atoms with E-state index in [1.807, 2.05) is 36.6 Å². The van der Waals surface area contributed by atoms with Crippen molar-refractivity contribution in [1.29, 1.82) is 0 Å². The molecule has 270 valence electrons. The van der Waals surface area contributed by atoms with Crippen molar-refractivity contribution in [3.63, 3.8) is 0 Å².